The van der Waals surface area contributed by atoms with Crippen molar-refractivity contribution >= 4 is 11.6 Å². The number of amides is 1. The number of benzene rings is 1. The molecule has 7 nitrogen and oxygen atoms in total. The van der Waals surface area contributed by atoms with Crippen molar-refractivity contribution in [1.82, 2.24) is 9.97 Å². The van der Waals surface area contributed by atoms with E-state index in [0.717, 1.165) is 11.8 Å². The lowest BCUT2D eigenvalue weighted by molar-refractivity contribution is 0.102. The van der Waals surface area contributed by atoms with Gasteiger partial charge in [-0.1, -0.05) is 11.8 Å². The molecule has 2 aromatic rings. The van der Waals surface area contributed by atoms with E-state index in [1.54, 1.807) is 24.3 Å². The van der Waals surface area contributed by atoms with Gasteiger partial charge in [0, 0.05) is 17.4 Å². The zero-order chi connectivity index (χ0) is 15.2. The Morgan fingerprint density at radius 1 is 1.24 bits per heavy atom. The highest BCUT2D eigenvalue weighted by Crippen LogP contribution is 2.09. The number of rotatable bonds is 2. The predicted molar refractivity (Wildman–Crippen MR) is 78.0 cm³/mol. The second kappa shape index (κ2) is 6.36. The molecule has 0 saturated carbocycles. The van der Waals surface area contributed by atoms with Gasteiger partial charge in [0.05, 0.1) is 6.54 Å². The average Bonchev–Trinajstić information content (AvgIpc) is 2.46. The van der Waals surface area contributed by atoms with Crippen LogP contribution < -0.4 is 22.3 Å². The number of hydrogen-bond donors (Lipinski definition) is 4. The molecule has 0 aliphatic rings. The Morgan fingerprint density at radius 2 is 1.95 bits per heavy atom. The van der Waals surface area contributed by atoms with Gasteiger partial charge in [-0.25, -0.2) is 4.79 Å². The lowest BCUT2D eigenvalue weighted by atomic mass is 10.2. The molecule has 21 heavy (non-hydrogen) atoms. The molecular weight excluding hydrogens is 272 g/mol. The summed E-state index contributed by atoms with van der Waals surface area (Å²) in [6, 6.07) is 6.74. The van der Waals surface area contributed by atoms with Crippen molar-refractivity contribution in [2.24, 2.45) is 5.73 Å². The van der Waals surface area contributed by atoms with Crippen molar-refractivity contribution in [3.8, 4) is 11.8 Å². The fourth-order valence-corrected chi connectivity index (χ4v) is 1.57. The van der Waals surface area contributed by atoms with Gasteiger partial charge in [0.25, 0.3) is 11.5 Å². The van der Waals surface area contributed by atoms with Crippen LogP contribution in [-0.2, 0) is 0 Å². The number of nitrogens with one attached hydrogen (secondary N) is 3. The first-order valence-corrected chi connectivity index (χ1v) is 6.02. The molecule has 1 aromatic carbocycles. The van der Waals surface area contributed by atoms with Gasteiger partial charge in [-0.2, -0.15) is 0 Å². The molecule has 0 bridgehead atoms. The molecule has 5 N–H and O–H groups in total. The quantitative estimate of drug-likeness (QED) is 0.562. The highest BCUT2D eigenvalue weighted by Gasteiger charge is 2.10. The lowest BCUT2D eigenvalue weighted by Crippen LogP contribution is -2.29. The number of aromatic amines is 2. The van der Waals surface area contributed by atoms with Crippen molar-refractivity contribution in [2.45, 2.75) is 0 Å². The molecule has 0 aliphatic carbocycles. The lowest BCUT2D eigenvalue weighted by Gasteiger charge is -2.04. The third-order valence-corrected chi connectivity index (χ3v) is 2.54. The van der Waals surface area contributed by atoms with Crippen LogP contribution in [0.3, 0.4) is 0 Å². The number of carbonyl (C=O) groups excluding carboxylic acids is 1. The number of carbonyl (C=O) groups is 1. The zero-order valence-corrected chi connectivity index (χ0v) is 10.9. The van der Waals surface area contributed by atoms with Gasteiger partial charge < -0.3 is 16.0 Å². The number of anilines is 1. The molecule has 7 heteroatoms. The average molecular weight is 284 g/mol. The van der Waals surface area contributed by atoms with Crippen LogP contribution in [-0.4, -0.2) is 22.4 Å². The third-order valence-electron chi connectivity index (χ3n) is 2.54. The van der Waals surface area contributed by atoms with Crippen molar-refractivity contribution in [3.05, 3.63) is 62.4 Å². The van der Waals surface area contributed by atoms with Crippen molar-refractivity contribution in [1.29, 1.82) is 0 Å². The first kappa shape index (κ1) is 14.3. The van der Waals surface area contributed by atoms with E-state index < -0.39 is 17.2 Å². The highest BCUT2D eigenvalue weighted by molar-refractivity contribution is 6.03. The van der Waals surface area contributed by atoms with E-state index in [1.165, 1.54) is 0 Å². The Kier molecular flexibility index (Phi) is 4.33. The van der Waals surface area contributed by atoms with Crippen LogP contribution in [0, 0.1) is 11.8 Å². The fraction of sp³-hybridized carbons (Fsp3) is 0.0714. The smallest absolute Gasteiger partial charge is 0.322 e. The summed E-state index contributed by atoms with van der Waals surface area (Å²) in [6.45, 7) is 0.271. The van der Waals surface area contributed by atoms with Gasteiger partial charge in [-0.15, -0.1) is 0 Å². The Morgan fingerprint density at radius 3 is 2.57 bits per heavy atom. The molecule has 1 heterocycles. The summed E-state index contributed by atoms with van der Waals surface area (Å²) in [5, 5.41) is 2.55. The van der Waals surface area contributed by atoms with Gasteiger partial charge in [0.15, 0.2) is 0 Å². The van der Waals surface area contributed by atoms with Gasteiger partial charge >= 0.3 is 5.69 Å². The summed E-state index contributed by atoms with van der Waals surface area (Å²) in [6.07, 6.45) is 1.07. The predicted octanol–water partition coefficient (Wildman–Crippen LogP) is -0.374. The number of nitrogens with two attached hydrogens (primary N) is 1. The topological polar surface area (TPSA) is 121 Å². The Labute approximate surface area is 119 Å². The largest absolute Gasteiger partial charge is 0.325 e. The molecule has 0 unspecified atom stereocenters. The van der Waals surface area contributed by atoms with Crippen LogP contribution >= 0.6 is 0 Å². The van der Waals surface area contributed by atoms with Gasteiger partial charge in [-0.05, 0) is 24.3 Å². The number of H-pyrrole nitrogens is 2. The van der Waals surface area contributed by atoms with E-state index in [0.29, 0.717) is 5.69 Å². The van der Waals surface area contributed by atoms with E-state index in [2.05, 4.69) is 22.1 Å². The van der Waals surface area contributed by atoms with E-state index in [-0.39, 0.29) is 12.1 Å². The molecule has 1 aromatic heterocycles. The molecular formula is C14H12N4O3. The van der Waals surface area contributed by atoms with E-state index in [4.69, 9.17) is 5.73 Å². The molecule has 1 amide bonds. The summed E-state index contributed by atoms with van der Waals surface area (Å²) in [7, 11) is 0. The second-order valence-electron chi connectivity index (χ2n) is 4.02. The summed E-state index contributed by atoms with van der Waals surface area (Å²) >= 11 is 0. The first-order valence-electron chi connectivity index (χ1n) is 6.02. The van der Waals surface area contributed by atoms with Crippen molar-refractivity contribution in [3.63, 3.8) is 0 Å². The van der Waals surface area contributed by atoms with Gasteiger partial charge in [-0.3, -0.25) is 14.6 Å². The zero-order valence-electron chi connectivity index (χ0n) is 10.9. The van der Waals surface area contributed by atoms with Crippen molar-refractivity contribution < 1.29 is 4.79 Å². The molecule has 106 valence electrons. The third kappa shape index (κ3) is 3.68. The van der Waals surface area contributed by atoms with Crippen LogP contribution in [0.2, 0.25) is 0 Å². The van der Waals surface area contributed by atoms with Crippen LogP contribution in [0.15, 0.2) is 40.1 Å². The molecule has 2 rings (SSSR count). The molecule has 0 radical (unpaired) electrons. The van der Waals surface area contributed by atoms with E-state index in [1.807, 2.05) is 4.98 Å². The highest BCUT2D eigenvalue weighted by atomic mass is 16.2. The minimum atomic E-state index is -0.748. The summed E-state index contributed by atoms with van der Waals surface area (Å²) in [4.78, 5) is 38.5. The minimum Gasteiger partial charge on any atom is -0.322 e. The molecule has 0 aliphatic heterocycles. The van der Waals surface area contributed by atoms with Crippen LogP contribution in [0.5, 0.6) is 0 Å². The van der Waals surface area contributed by atoms with Crippen LogP contribution in [0.1, 0.15) is 15.9 Å². The Balaban J connectivity index is 2.16. The normalized spacial score (nSPS) is 9.57. The van der Waals surface area contributed by atoms with Gasteiger partial charge in [0.1, 0.15) is 5.56 Å². The maximum absolute atomic E-state index is 11.9. The number of hydrogen-bond acceptors (Lipinski definition) is 4. The van der Waals surface area contributed by atoms with E-state index in [9.17, 15) is 14.4 Å². The van der Waals surface area contributed by atoms with Crippen LogP contribution in [0.4, 0.5) is 5.69 Å². The molecule has 0 atom stereocenters. The summed E-state index contributed by atoms with van der Waals surface area (Å²) in [5.41, 5.74) is 4.95. The molecule has 0 fully saturated rings. The fourth-order valence-electron chi connectivity index (χ4n) is 1.57. The first-order chi connectivity index (χ1) is 10.1. The minimum absolute atomic E-state index is 0.179. The summed E-state index contributed by atoms with van der Waals surface area (Å²) in [5.74, 6) is 4.95. The summed E-state index contributed by atoms with van der Waals surface area (Å²) < 4.78 is 0. The molecule has 0 saturated heterocycles. The number of aromatic nitrogens is 2. The Hall–Kier alpha value is -3.11. The van der Waals surface area contributed by atoms with E-state index >= 15 is 0 Å². The van der Waals surface area contributed by atoms with Gasteiger partial charge in [0.2, 0.25) is 0 Å². The maximum atomic E-state index is 11.9. The Bertz CT molecular complexity index is 822. The molecule has 0 spiro atoms. The standard InChI is InChI=1S/C14H12N4O3/c15-7-1-2-9-3-5-10(6-4-9)17-12(19)11-8-16-14(21)18-13(11)20/h3-6,8H,7,15H2,(H,17,19)(H2,16,18,20,21). The monoisotopic (exact) mass is 284 g/mol. The van der Waals surface area contributed by atoms with Crippen LogP contribution in [0.25, 0.3) is 0 Å². The SMILES string of the molecule is NCC#Cc1ccc(NC(=O)c2c[nH]c(=O)[nH]c2=O)cc1. The second-order valence-corrected chi connectivity index (χ2v) is 4.02. The maximum Gasteiger partial charge on any atom is 0.325 e. The van der Waals surface area contributed by atoms with Crippen molar-refractivity contribution in [2.75, 3.05) is 11.9 Å².